The van der Waals surface area contributed by atoms with Crippen molar-refractivity contribution < 1.29 is 13.2 Å². The van der Waals surface area contributed by atoms with Crippen LogP contribution in [0.3, 0.4) is 0 Å². The first-order valence-corrected chi connectivity index (χ1v) is 5.45. The number of hydrogen-bond donors (Lipinski definition) is 1. The molecule has 0 saturated carbocycles. The summed E-state index contributed by atoms with van der Waals surface area (Å²) in [6.45, 7) is 2.71. The van der Waals surface area contributed by atoms with Gasteiger partial charge in [0.15, 0.2) is 5.69 Å². The second-order valence-corrected chi connectivity index (χ2v) is 3.94. The van der Waals surface area contributed by atoms with Crippen molar-refractivity contribution in [2.75, 3.05) is 31.1 Å². The molecule has 1 saturated heterocycles. The predicted octanol–water partition coefficient (Wildman–Crippen LogP) is 1.38. The van der Waals surface area contributed by atoms with E-state index < -0.39 is 17.4 Å². The lowest BCUT2D eigenvalue weighted by Gasteiger charge is -2.29. The van der Waals surface area contributed by atoms with Crippen LogP contribution >= 0.6 is 0 Å². The van der Waals surface area contributed by atoms with E-state index in [-0.39, 0.29) is 0 Å². The van der Waals surface area contributed by atoms with Gasteiger partial charge in [0.05, 0.1) is 17.4 Å². The average molecular weight is 256 g/mol. The van der Waals surface area contributed by atoms with Gasteiger partial charge < -0.3 is 10.2 Å². The predicted molar refractivity (Wildman–Crippen MR) is 59.0 cm³/mol. The Morgan fingerprint density at radius 1 is 1.33 bits per heavy atom. The van der Waals surface area contributed by atoms with Crippen molar-refractivity contribution in [1.29, 1.82) is 5.26 Å². The van der Waals surface area contributed by atoms with Gasteiger partial charge in [-0.3, -0.25) is 0 Å². The largest absolute Gasteiger partial charge is 0.419 e. The highest BCUT2D eigenvalue weighted by molar-refractivity contribution is 5.51. The standard InChI is InChI=1S/C11H11F3N4/c12-11(13,14)9-5-8(7-17-10(9)6-15)18-3-1-16-2-4-18/h5,7,16H,1-4H2. The van der Waals surface area contributed by atoms with Crippen LogP contribution in [-0.2, 0) is 6.18 Å². The molecule has 7 heteroatoms. The van der Waals surface area contributed by atoms with Crippen molar-refractivity contribution in [3.63, 3.8) is 0 Å². The third-order valence-corrected chi connectivity index (χ3v) is 2.77. The maximum absolute atomic E-state index is 12.8. The minimum atomic E-state index is -4.55. The van der Waals surface area contributed by atoms with Crippen LogP contribution < -0.4 is 10.2 Å². The summed E-state index contributed by atoms with van der Waals surface area (Å²) in [5.74, 6) is 0. The monoisotopic (exact) mass is 256 g/mol. The quantitative estimate of drug-likeness (QED) is 0.824. The van der Waals surface area contributed by atoms with Gasteiger partial charge in [-0.1, -0.05) is 0 Å². The lowest BCUT2D eigenvalue weighted by molar-refractivity contribution is -0.138. The first-order chi connectivity index (χ1) is 8.52. The third-order valence-electron chi connectivity index (χ3n) is 2.77. The van der Waals surface area contributed by atoms with E-state index in [1.165, 1.54) is 12.3 Å². The fourth-order valence-corrected chi connectivity index (χ4v) is 1.85. The van der Waals surface area contributed by atoms with Crippen LogP contribution in [0.15, 0.2) is 12.3 Å². The summed E-state index contributed by atoms with van der Waals surface area (Å²) < 4.78 is 38.3. The summed E-state index contributed by atoms with van der Waals surface area (Å²) >= 11 is 0. The minimum Gasteiger partial charge on any atom is -0.368 e. The number of pyridine rings is 1. The number of alkyl halides is 3. The molecule has 0 atom stereocenters. The Morgan fingerprint density at radius 2 is 2.00 bits per heavy atom. The average Bonchev–Trinajstić information content (AvgIpc) is 2.38. The molecule has 96 valence electrons. The number of piperazine rings is 1. The number of aromatic nitrogens is 1. The second kappa shape index (κ2) is 4.82. The van der Waals surface area contributed by atoms with Crippen molar-refractivity contribution in [1.82, 2.24) is 10.3 Å². The zero-order valence-electron chi connectivity index (χ0n) is 9.46. The lowest BCUT2D eigenvalue weighted by atomic mass is 10.1. The lowest BCUT2D eigenvalue weighted by Crippen LogP contribution is -2.43. The molecule has 0 radical (unpaired) electrons. The minimum absolute atomic E-state index is 0.405. The number of nitrogens with zero attached hydrogens (tertiary/aromatic N) is 3. The number of nitrogens with one attached hydrogen (secondary N) is 1. The van der Waals surface area contributed by atoms with Crippen LogP contribution in [0.1, 0.15) is 11.3 Å². The van der Waals surface area contributed by atoms with E-state index in [2.05, 4.69) is 10.3 Å². The molecule has 0 bridgehead atoms. The molecule has 1 aliphatic rings. The molecule has 1 aromatic rings. The molecule has 1 aromatic heterocycles. The van der Waals surface area contributed by atoms with Crippen LogP contribution in [0.25, 0.3) is 0 Å². The Kier molecular flexibility index (Phi) is 3.39. The Morgan fingerprint density at radius 3 is 2.56 bits per heavy atom. The van der Waals surface area contributed by atoms with Crippen molar-refractivity contribution in [3.8, 4) is 6.07 Å². The Hall–Kier alpha value is -1.81. The van der Waals surface area contributed by atoms with Gasteiger partial charge in [-0.05, 0) is 6.07 Å². The number of anilines is 1. The van der Waals surface area contributed by atoms with E-state index in [1.54, 1.807) is 0 Å². The van der Waals surface area contributed by atoms with Gasteiger partial charge >= 0.3 is 6.18 Å². The molecule has 0 amide bonds. The molecule has 0 aliphatic carbocycles. The smallest absolute Gasteiger partial charge is 0.368 e. The van der Waals surface area contributed by atoms with Crippen LogP contribution in [0.5, 0.6) is 0 Å². The summed E-state index contributed by atoms with van der Waals surface area (Å²) in [5.41, 5.74) is -1.15. The van der Waals surface area contributed by atoms with Crippen molar-refractivity contribution >= 4 is 5.69 Å². The number of rotatable bonds is 1. The fraction of sp³-hybridized carbons (Fsp3) is 0.455. The zero-order chi connectivity index (χ0) is 13.2. The van der Waals surface area contributed by atoms with Gasteiger partial charge in [0.25, 0.3) is 0 Å². The Labute approximate surface area is 102 Å². The SMILES string of the molecule is N#Cc1ncc(N2CCNCC2)cc1C(F)(F)F. The van der Waals surface area contributed by atoms with Crippen LogP contribution in [0, 0.1) is 11.3 Å². The number of hydrogen-bond acceptors (Lipinski definition) is 4. The second-order valence-electron chi connectivity index (χ2n) is 3.94. The molecule has 18 heavy (non-hydrogen) atoms. The van der Waals surface area contributed by atoms with Crippen molar-refractivity contribution in [3.05, 3.63) is 23.5 Å². The highest BCUT2D eigenvalue weighted by Gasteiger charge is 2.35. The highest BCUT2D eigenvalue weighted by Crippen LogP contribution is 2.33. The summed E-state index contributed by atoms with van der Waals surface area (Å²) in [4.78, 5) is 5.41. The third kappa shape index (κ3) is 2.54. The maximum Gasteiger partial charge on any atom is 0.419 e. The molecule has 1 fully saturated rings. The van der Waals surface area contributed by atoms with Crippen molar-refractivity contribution in [2.45, 2.75) is 6.18 Å². The molecule has 0 aromatic carbocycles. The first kappa shape index (κ1) is 12.6. The van der Waals surface area contributed by atoms with Gasteiger partial charge in [0, 0.05) is 26.2 Å². The van der Waals surface area contributed by atoms with Gasteiger partial charge in [-0.25, -0.2) is 4.98 Å². The Bertz CT molecular complexity index is 472. The maximum atomic E-state index is 12.8. The molecule has 4 nitrogen and oxygen atoms in total. The van der Waals surface area contributed by atoms with E-state index in [0.717, 1.165) is 19.2 Å². The summed E-state index contributed by atoms with van der Waals surface area (Å²) in [6.07, 6.45) is -3.23. The van der Waals surface area contributed by atoms with E-state index in [0.29, 0.717) is 18.8 Å². The Balaban J connectivity index is 2.37. The van der Waals surface area contributed by atoms with E-state index in [1.807, 2.05) is 4.90 Å². The van der Waals surface area contributed by atoms with Crippen LogP contribution in [-0.4, -0.2) is 31.2 Å². The topological polar surface area (TPSA) is 52.0 Å². The molecule has 1 aliphatic heterocycles. The van der Waals surface area contributed by atoms with Gasteiger partial charge in [-0.2, -0.15) is 18.4 Å². The van der Waals surface area contributed by atoms with E-state index >= 15 is 0 Å². The molecular weight excluding hydrogens is 245 g/mol. The normalized spacial score (nSPS) is 16.4. The molecule has 0 unspecified atom stereocenters. The fourth-order valence-electron chi connectivity index (χ4n) is 1.85. The molecule has 1 N–H and O–H groups in total. The molecule has 2 heterocycles. The van der Waals surface area contributed by atoms with Gasteiger partial charge in [-0.15, -0.1) is 0 Å². The molecular formula is C11H11F3N4. The number of nitriles is 1. The zero-order valence-corrected chi connectivity index (χ0v) is 9.46. The molecule has 2 rings (SSSR count). The van der Waals surface area contributed by atoms with Crippen LogP contribution in [0.2, 0.25) is 0 Å². The van der Waals surface area contributed by atoms with Gasteiger partial charge in [0.1, 0.15) is 6.07 Å². The first-order valence-electron chi connectivity index (χ1n) is 5.45. The van der Waals surface area contributed by atoms with Crippen LogP contribution in [0.4, 0.5) is 18.9 Å². The summed E-state index contributed by atoms with van der Waals surface area (Å²) in [5, 5.41) is 11.8. The van der Waals surface area contributed by atoms with E-state index in [9.17, 15) is 13.2 Å². The van der Waals surface area contributed by atoms with E-state index in [4.69, 9.17) is 5.26 Å². The van der Waals surface area contributed by atoms with Gasteiger partial charge in [0.2, 0.25) is 0 Å². The molecule has 0 spiro atoms. The summed E-state index contributed by atoms with van der Waals surface area (Å²) in [7, 11) is 0. The highest BCUT2D eigenvalue weighted by atomic mass is 19.4. The van der Waals surface area contributed by atoms with Crippen molar-refractivity contribution in [2.24, 2.45) is 0 Å². The summed E-state index contributed by atoms with van der Waals surface area (Å²) in [6, 6.07) is 2.47. The number of halogens is 3.